The summed E-state index contributed by atoms with van der Waals surface area (Å²) in [6.45, 7) is 2.29. The summed E-state index contributed by atoms with van der Waals surface area (Å²) >= 11 is -0.135. The Balaban J connectivity index is 1.53. The van der Waals surface area contributed by atoms with E-state index in [4.69, 9.17) is 9.47 Å². The van der Waals surface area contributed by atoms with Crippen molar-refractivity contribution in [2.45, 2.75) is 8.94 Å². The van der Waals surface area contributed by atoms with E-state index in [1.165, 1.54) is 16.2 Å². The predicted octanol–water partition coefficient (Wildman–Crippen LogP) is 1.49. The summed E-state index contributed by atoms with van der Waals surface area (Å²) in [4.78, 5) is 0. The number of hydrogen-bond donors (Lipinski definition) is 1. The second-order valence-corrected chi connectivity index (χ2v) is 11.5. The van der Waals surface area contributed by atoms with Gasteiger partial charge < -0.3 is 0 Å². The van der Waals surface area contributed by atoms with Gasteiger partial charge in [0.15, 0.2) is 0 Å². The Hall–Kier alpha value is -0.421. The normalized spacial score (nSPS) is 10.5. The number of ether oxygens (including phenoxy) is 2. The van der Waals surface area contributed by atoms with Crippen LogP contribution in [0, 0.1) is 0 Å². The van der Waals surface area contributed by atoms with E-state index in [0.717, 1.165) is 24.6 Å². The van der Waals surface area contributed by atoms with Crippen LogP contribution in [-0.4, -0.2) is 69.2 Å². The van der Waals surface area contributed by atoms with Crippen LogP contribution in [0.3, 0.4) is 0 Å². The van der Waals surface area contributed by atoms with E-state index in [0.29, 0.717) is 0 Å². The van der Waals surface area contributed by atoms with Gasteiger partial charge in [-0.05, 0) is 0 Å². The van der Waals surface area contributed by atoms with Crippen molar-refractivity contribution in [2.24, 2.45) is 0 Å². The van der Waals surface area contributed by atoms with Crippen LogP contribution < -0.4 is 22.0 Å². The molecule has 0 aromatic heterocycles. The van der Waals surface area contributed by atoms with Gasteiger partial charge in [0.2, 0.25) is 0 Å². The summed E-state index contributed by atoms with van der Waals surface area (Å²) < 4.78 is 16.0. The first-order valence-electron chi connectivity index (χ1n) is 7.56. The summed E-state index contributed by atoms with van der Waals surface area (Å²) in [6, 6.07) is 17.1. The summed E-state index contributed by atoms with van der Waals surface area (Å²) in [5.41, 5.74) is 0. The van der Waals surface area contributed by atoms with Crippen LogP contribution in [-0.2, 0) is 0 Å². The van der Waals surface area contributed by atoms with Gasteiger partial charge in [-0.25, -0.2) is 0 Å². The first kappa shape index (κ1) is 18.9. The predicted molar refractivity (Wildman–Crippen MR) is 99.2 cm³/mol. The Morgan fingerprint density at radius 3 is 1.43 bits per heavy atom. The van der Waals surface area contributed by atoms with Crippen LogP contribution in [0.25, 0.3) is 0 Å². The van der Waals surface area contributed by atoms with Gasteiger partial charge >= 0.3 is 160 Å². The molecule has 2 rings (SSSR count). The second kappa shape index (κ2) is 11.2. The third-order valence-electron chi connectivity index (χ3n) is 3.21. The molecule has 0 unspecified atom stereocenters. The average Bonchev–Trinajstić information content (AvgIpc) is 2.62. The minimum absolute atomic E-state index is 0.0677. The molecule has 0 spiro atoms. The van der Waals surface area contributed by atoms with E-state index in [-0.39, 0.29) is 41.8 Å². The molecule has 0 bridgehead atoms. The monoisotopic (exact) mass is 545 g/mol. The maximum absolute atomic E-state index is 5.19. The first-order valence-corrected chi connectivity index (χ1v) is 13.2. The molecule has 0 saturated heterocycles. The van der Waals surface area contributed by atoms with Crippen molar-refractivity contribution >= 4 is 49.1 Å². The Kier molecular flexibility index (Phi) is 9.20. The van der Waals surface area contributed by atoms with Gasteiger partial charge in [0, 0.05) is 0 Å². The van der Waals surface area contributed by atoms with E-state index in [1.807, 2.05) is 0 Å². The van der Waals surface area contributed by atoms with Crippen LogP contribution in [0.4, 0.5) is 0 Å². The van der Waals surface area contributed by atoms with E-state index in [1.54, 1.807) is 14.2 Å². The van der Waals surface area contributed by atoms with Crippen molar-refractivity contribution in [1.82, 2.24) is 5.32 Å². The fourth-order valence-electron chi connectivity index (χ4n) is 1.95. The summed E-state index contributed by atoms with van der Waals surface area (Å²) in [6.07, 6.45) is 0. The minimum atomic E-state index is -0.0677. The number of methoxy groups -OCH3 is 2. The zero-order valence-corrected chi connectivity index (χ0v) is 18.2. The Bertz CT molecular complexity index is 507. The molecular formula is C18H23NO2Te2. The van der Waals surface area contributed by atoms with Crippen LogP contribution in [0.15, 0.2) is 48.5 Å². The molecule has 0 atom stereocenters. The van der Waals surface area contributed by atoms with Crippen molar-refractivity contribution in [3.63, 3.8) is 0 Å². The number of hydrogen-bond acceptors (Lipinski definition) is 3. The third kappa shape index (κ3) is 7.34. The summed E-state index contributed by atoms with van der Waals surface area (Å²) in [7, 11) is 3.43. The van der Waals surface area contributed by atoms with Crippen molar-refractivity contribution in [3.8, 4) is 11.5 Å². The molecule has 124 valence electrons. The quantitative estimate of drug-likeness (QED) is 0.366. The maximum atomic E-state index is 5.19. The molecule has 23 heavy (non-hydrogen) atoms. The van der Waals surface area contributed by atoms with Crippen LogP contribution in [0.1, 0.15) is 0 Å². The van der Waals surface area contributed by atoms with Gasteiger partial charge in [-0.2, -0.15) is 0 Å². The van der Waals surface area contributed by atoms with Crippen molar-refractivity contribution in [2.75, 3.05) is 27.3 Å². The second-order valence-electron chi connectivity index (χ2n) is 4.80. The number of benzene rings is 2. The summed E-state index contributed by atoms with van der Waals surface area (Å²) in [5, 5.41) is 3.59. The molecule has 3 nitrogen and oxygen atoms in total. The molecule has 2 aromatic carbocycles. The standard InChI is InChI=1S/C18H23NO2Te2/c1-20-15-3-7-17(8-4-15)22-13-11-19-12-14-23-18-9-5-16(21-2)6-10-18/h3-10,19H,11-14H2,1-2H3. The van der Waals surface area contributed by atoms with E-state index >= 15 is 0 Å². The zero-order chi connectivity index (χ0) is 16.3. The average molecular weight is 541 g/mol. The van der Waals surface area contributed by atoms with Crippen LogP contribution in [0.2, 0.25) is 8.94 Å². The van der Waals surface area contributed by atoms with Crippen LogP contribution in [0.5, 0.6) is 11.5 Å². The van der Waals surface area contributed by atoms with Crippen molar-refractivity contribution in [1.29, 1.82) is 0 Å². The SMILES string of the molecule is COc1ccc([Te]CCNCC[Te]c2ccc(OC)cc2)cc1. The fraction of sp³-hybridized carbons (Fsp3) is 0.333. The van der Waals surface area contributed by atoms with Crippen LogP contribution >= 0.6 is 0 Å². The molecule has 0 aliphatic carbocycles. The molecule has 0 amide bonds. The molecule has 5 heteroatoms. The van der Waals surface area contributed by atoms with Gasteiger partial charge in [-0.3, -0.25) is 0 Å². The molecular weight excluding hydrogens is 517 g/mol. The molecule has 0 radical (unpaired) electrons. The van der Waals surface area contributed by atoms with E-state index < -0.39 is 0 Å². The van der Waals surface area contributed by atoms with Crippen molar-refractivity contribution < 1.29 is 9.47 Å². The van der Waals surface area contributed by atoms with E-state index in [9.17, 15) is 0 Å². The van der Waals surface area contributed by atoms with Gasteiger partial charge in [-0.15, -0.1) is 0 Å². The molecule has 0 fully saturated rings. The van der Waals surface area contributed by atoms with Gasteiger partial charge in [-0.1, -0.05) is 0 Å². The molecule has 2 aromatic rings. The van der Waals surface area contributed by atoms with E-state index in [2.05, 4.69) is 53.8 Å². The molecule has 0 heterocycles. The first-order chi connectivity index (χ1) is 11.3. The number of rotatable bonds is 10. The van der Waals surface area contributed by atoms with Gasteiger partial charge in [0.25, 0.3) is 0 Å². The Labute approximate surface area is 159 Å². The fourth-order valence-corrected chi connectivity index (χ4v) is 6.58. The van der Waals surface area contributed by atoms with Crippen molar-refractivity contribution in [3.05, 3.63) is 48.5 Å². The summed E-state index contributed by atoms with van der Waals surface area (Å²) in [5.74, 6) is 1.89. The topological polar surface area (TPSA) is 30.5 Å². The third-order valence-corrected chi connectivity index (χ3v) is 9.00. The van der Waals surface area contributed by atoms with Gasteiger partial charge in [0.1, 0.15) is 0 Å². The molecule has 0 aliphatic heterocycles. The molecule has 0 aliphatic rings. The number of nitrogens with one attached hydrogen (secondary N) is 1. The molecule has 0 saturated carbocycles. The molecule has 1 N–H and O–H groups in total. The Morgan fingerprint density at radius 2 is 1.09 bits per heavy atom. The Morgan fingerprint density at radius 1 is 0.696 bits per heavy atom. The zero-order valence-electron chi connectivity index (χ0n) is 13.6. The van der Waals surface area contributed by atoms with Gasteiger partial charge in [0.05, 0.1) is 0 Å².